The molecule has 0 bridgehead atoms. The predicted octanol–water partition coefficient (Wildman–Crippen LogP) is -0.702. The molecule has 1 heterocycles. The van der Waals surface area contributed by atoms with E-state index in [9.17, 15) is 9.59 Å². The molecule has 1 aromatic carbocycles. The van der Waals surface area contributed by atoms with Gasteiger partial charge in [-0.25, -0.2) is 4.79 Å². The molecule has 9 heteroatoms. The number of nitrogens with two attached hydrogens (primary N) is 1. The first-order valence-electron chi connectivity index (χ1n) is 5.78. The quantitative estimate of drug-likeness (QED) is 0.571. The number of carbonyl (C=O) groups excluding carboxylic acids is 2. The molecule has 104 valence electrons. The van der Waals surface area contributed by atoms with Crippen LogP contribution >= 0.6 is 0 Å². The van der Waals surface area contributed by atoms with Crippen LogP contribution < -0.4 is 16.4 Å². The first-order chi connectivity index (χ1) is 9.65. The predicted molar refractivity (Wildman–Crippen MR) is 68.2 cm³/mol. The highest BCUT2D eigenvalue weighted by Crippen LogP contribution is 2.04. The van der Waals surface area contributed by atoms with Crippen molar-refractivity contribution >= 4 is 11.9 Å². The van der Waals surface area contributed by atoms with Crippen LogP contribution in [0.2, 0.25) is 0 Å². The number of benzene rings is 1. The number of aromatic nitrogens is 4. The Morgan fingerprint density at radius 3 is 2.50 bits per heavy atom. The molecule has 3 amide bonds. The van der Waals surface area contributed by atoms with E-state index in [2.05, 4.69) is 31.3 Å². The van der Waals surface area contributed by atoms with Gasteiger partial charge >= 0.3 is 6.03 Å². The van der Waals surface area contributed by atoms with Gasteiger partial charge in [0.1, 0.15) is 0 Å². The van der Waals surface area contributed by atoms with Crippen LogP contribution in [0.4, 0.5) is 4.79 Å². The average Bonchev–Trinajstić information content (AvgIpc) is 2.96. The molecule has 2 aromatic rings. The van der Waals surface area contributed by atoms with Gasteiger partial charge in [-0.05, 0) is 17.7 Å². The summed E-state index contributed by atoms with van der Waals surface area (Å²) in [6.45, 7) is 0.514. The average molecular weight is 275 g/mol. The number of hydrogen-bond donors (Lipinski definition) is 4. The zero-order valence-electron chi connectivity index (χ0n) is 10.5. The smallest absolute Gasteiger partial charge is 0.312 e. The van der Waals surface area contributed by atoms with Gasteiger partial charge in [-0.15, -0.1) is 10.2 Å². The lowest BCUT2D eigenvalue weighted by Gasteiger charge is -2.05. The van der Waals surface area contributed by atoms with E-state index >= 15 is 0 Å². The highest BCUT2D eigenvalue weighted by Gasteiger charge is 2.06. The fraction of sp³-hybridized carbons (Fsp3) is 0.182. The molecule has 1 aromatic heterocycles. The van der Waals surface area contributed by atoms with Gasteiger partial charge in [-0.3, -0.25) is 4.79 Å². The van der Waals surface area contributed by atoms with Crippen molar-refractivity contribution in [3.63, 3.8) is 0 Å². The van der Waals surface area contributed by atoms with E-state index in [1.54, 1.807) is 24.3 Å². The molecule has 0 spiro atoms. The first kappa shape index (κ1) is 13.5. The summed E-state index contributed by atoms with van der Waals surface area (Å²) in [6, 6.07) is 6.19. The third-order valence-electron chi connectivity index (χ3n) is 2.48. The standard InChI is InChI=1S/C11H13N7O2/c12-11(20)14-5-7-1-3-8(4-2-7)10(19)13-6-9-15-17-18-16-9/h1-4H,5-6H2,(H,13,19)(H3,12,14,20)(H,15,16,17,18). The van der Waals surface area contributed by atoms with Crippen LogP contribution in [0.5, 0.6) is 0 Å². The maximum Gasteiger partial charge on any atom is 0.312 e. The Balaban J connectivity index is 1.88. The number of carbonyl (C=O) groups is 2. The van der Waals surface area contributed by atoms with Crippen molar-refractivity contribution in [2.24, 2.45) is 5.73 Å². The molecule has 0 saturated carbocycles. The van der Waals surface area contributed by atoms with Crippen LogP contribution in [0.3, 0.4) is 0 Å². The summed E-state index contributed by atoms with van der Waals surface area (Å²) >= 11 is 0. The van der Waals surface area contributed by atoms with Gasteiger partial charge < -0.3 is 16.4 Å². The maximum absolute atomic E-state index is 11.8. The molecule has 5 N–H and O–H groups in total. The van der Waals surface area contributed by atoms with E-state index in [-0.39, 0.29) is 12.5 Å². The Kier molecular flexibility index (Phi) is 4.22. The van der Waals surface area contributed by atoms with E-state index in [1.807, 2.05) is 0 Å². The molecule has 0 atom stereocenters. The van der Waals surface area contributed by atoms with Gasteiger partial charge in [-0.1, -0.05) is 17.3 Å². The normalized spacial score (nSPS) is 10.0. The summed E-state index contributed by atoms with van der Waals surface area (Å²) in [6.07, 6.45) is 0. The van der Waals surface area contributed by atoms with E-state index in [4.69, 9.17) is 5.73 Å². The lowest BCUT2D eigenvalue weighted by atomic mass is 10.1. The second-order valence-electron chi connectivity index (χ2n) is 3.93. The minimum atomic E-state index is -0.591. The lowest BCUT2D eigenvalue weighted by Crippen LogP contribution is -2.28. The Morgan fingerprint density at radius 1 is 1.15 bits per heavy atom. The SMILES string of the molecule is NC(=O)NCc1ccc(C(=O)NCc2nn[nH]n2)cc1. The fourth-order valence-corrected chi connectivity index (χ4v) is 1.48. The molecule has 20 heavy (non-hydrogen) atoms. The molecule has 0 unspecified atom stereocenters. The molecular formula is C11H13N7O2. The molecule has 0 aliphatic carbocycles. The summed E-state index contributed by atoms with van der Waals surface area (Å²) in [5, 5.41) is 18.3. The number of tetrazole rings is 1. The van der Waals surface area contributed by atoms with Crippen molar-refractivity contribution in [3.8, 4) is 0 Å². The van der Waals surface area contributed by atoms with Crippen molar-refractivity contribution in [2.75, 3.05) is 0 Å². The lowest BCUT2D eigenvalue weighted by molar-refractivity contribution is 0.0950. The monoisotopic (exact) mass is 275 g/mol. The van der Waals surface area contributed by atoms with E-state index in [1.165, 1.54) is 0 Å². The Bertz CT molecular complexity index is 579. The van der Waals surface area contributed by atoms with Crippen molar-refractivity contribution in [2.45, 2.75) is 13.1 Å². The van der Waals surface area contributed by atoms with Crippen LogP contribution in [0.1, 0.15) is 21.7 Å². The molecule has 9 nitrogen and oxygen atoms in total. The Morgan fingerprint density at radius 2 is 1.90 bits per heavy atom. The van der Waals surface area contributed by atoms with Gasteiger partial charge in [-0.2, -0.15) is 5.21 Å². The summed E-state index contributed by atoms with van der Waals surface area (Å²) in [5.41, 5.74) is 6.31. The number of nitrogens with one attached hydrogen (secondary N) is 3. The minimum Gasteiger partial charge on any atom is -0.352 e. The summed E-state index contributed by atoms with van der Waals surface area (Å²) in [5.74, 6) is 0.157. The second kappa shape index (κ2) is 6.27. The number of primary amides is 1. The van der Waals surface area contributed by atoms with Gasteiger partial charge in [0.2, 0.25) is 0 Å². The van der Waals surface area contributed by atoms with Crippen molar-refractivity contribution in [1.82, 2.24) is 31.3 Å². The molecule has 0 fully saturated rings. The van der Waals surface area contributed by atoms with Crippen LogP contribution in [0.25, 0.3) is 0 Å². The molecule has 0 saturated heterocycles. The Hall–Kier alpha value is -2.97. The molecule has 2 rings (SSSR count). The van der Waals surface area contributed by atoms with Crippen LogP contribution in [-0.4, -0.2) is 32.6 Å². The van der Waals surface area contributed by atoms with E-state index in [0.717, 1.165) is 5.56 Å². The van der Waals surface area contributed by atoms with Gasteiger partial charge in [0, 0.05) is 12.1 Å². The maximum atomic E-state index is 11.8. The Labute approximate surface area is 113 Å². The van der Waals surface area contributed by atoms with E-state index in [0.29, 0.717) is 17.9 Å². The zero-order chi connectivity index (χ0) is 14.4. The summed E-state index contributed by atoms with van der Waals surface area (Å²) in [4.78, 5) is 22.4. The number of aromatic amines is 1. The summed E-state index contributed by atoms with van der Waals surface area (Å²) in [7, 11) is 0. The van der Waals surface area contributed by atoms with Crippen molar-refractivity contribution in [1.29, 1.82) is 0 Å². The number of nitrogens with zero attached hydrogens (tertiary/aromatic N) is 3. The van der Waals surface area contributed by atoms with Gasteiger partial charge in [0.25, 0.3) is 5.91 Å². The largest absolute Gasteiger partial charge is 0.352 e. The summed E-state index contributed by atoms with van der Waals surface area (Å²) < 4.78 is 0. The minimum absolute atomic E-state index is 0.195. The topological polar surface area (TPSA) is 139 Å². The number of rotatable bonds is 5. The van der Waals surface area contributed by atoms with Crippen LogP contribution in [0.15, 0.2) is 24.3 Å². The van der Waals surface area contributed by atoms with Gasteiger partial charge in [0.15, 0.2) is 5.82 Å². The third kappa shape index (κ3) is 3.77. The molecule has 0 aliphatic rings. The van der Waals surface area contributed by atoms with Gasteiger partial charge in [0.05, 0.1) is 6.54 Å². The second-order valence-corrected chi connectivity index (χ2v) is 3.93. The molecular weight excluding hydrogens is 262 g/mol. The molecule has 0 radical (unpaired) electrons. The van der Waals surface area contributed by atoms with Crippen molar-refractivity contribution in [3.05, 3.63) is 41.2 Å². The van der Waals surface area contributed by atoms with E-state index < -0.39 is 6.03 Å². The number of urea groups is 1. The third-order valence-corrected chi connectivity index (χ3v) is 2.48. The van der Waals surface area contributed by atoms with Crippen LogP contribution in [0, 0.1) is 0 Å². The highest BCUT2D eigenvalue weighted by molar-refractivity contribution is 5.94. The number of hydrogen-bond acceptors (Lipinski definition) is 5. The molecule has 0 aliphatic heterocycles. The zero-order valence-corrected chi connectivity index (χ0v) is 10.5. The number of amides is 3. The number of H-pyrrole nitrogens is 1. The fourth-order valence-electron chi connectivity index (χ4n) is 1.48. The van der Waals surface area contributed by atoms with Crippen LogP contribution in [-0.2, 0) is 13.1 Å². The van der Waals surface area contributed by atoms with Crippen molar-refractivity contribution < 1.29 is 9.59 Å². The highest BCUT2D eigenvalue weighted by atomic mass is 16.2. The first-order valence-corrected chi connectivity index (χ1v) is 5.78.